The van der Waals surface area contributed by atoms with E-state index in [0.717, 1.165) is 6.42 Å². The second-order valence-electron chi connectivity index (χ2n) is 7.54. The molecule has 0 saturated carbocycles. The van der Waals surface area contributed by atoms with Crippen LogP contribution in [0.25, 0.3) is 0 Å². The molecule has 1 fully saturated rings. The van der Waals surface area contributed by atoms with Crippen LogP contribution in [-0.4, -0.2) is 47.7 Å². The summed E-state index contributed by atoms with van der Waals surface area (Å²) < 4.78 is 10.4. The Balaban J connectivity index is 1.84. The number of esters is 1. The van der Waals surface area contributed by atoms with Crippen molar-refractivity contribution in [3.05, 3.63) is 29.8 Å². The van der Waals surface area contributed by atoms with Crippen molar-refractivity contribution in [1.29, 1.82) is 0 Å². The van der Waals surface area contributed by atoms with Gasteiger partial charge in [-0.25, -0.2) is 9.59 Å². The van der Waals surface area contributed by atoms with E-state index in [1.165, 1.54) is 10.5 Å². The van der Waals surface area contributed by atoms with Crippen LogP contribution in [-0.2, 0) is 25.5 Å². The van der Waals surface area contributed by atoms with Crippen molar-refractivity contribution in [2.45, 2.75) is 58.6 Å². The maximum Gasteiger partial charge on any atom is 0.411 e. The molecule has 1 aromatic rings. The quantitative estimate of drug-likeness (QED) is 0.798. The number of hydrogen-bond donors (Lipinski definition) is 1. The van der Waals surface area contributed by atoms with E-state index >= 15 is 0 Å². The normalized spacial score (nSPS) is 16.7. The van der Waals surface area contributed by atoms with Crippen LogP contribution in [0.3, 0.4) is 0 Å². The molecule has 2 amide bonds. The summed E-state index contributed by atoms with van der Waals surface area (Å²) in [5, 5.41) is 2.68. The predicted octanol–water partition coefficient (Wildman–Crippen LogP) is 3.13. The van der Waals surface area contributed by atoms with Gasteiger partial charge < -0.3 is 14.8 Å². The molecule has 7 nitrogen and oxygen atoms in total. The van der Waals surface area contributed by atoms with Crippen LogP contribution < -0.4 is 5.32 Å². The van der Waals surface area contributed by atoms with Crippen LogP contribution >= 0.6 is 0 Å². The zero-order chi connectivity index (χ0) is 20.0. The van der Waals surface area contributed by atoms with Crippen molar-refractivity contribution in [2.24, 2.45) is 0 Å². The lowest BCUT2D eigenvalue weighted by atomic mass is 10.1. The highest BCUT2D eigenvalue weighted by Crippen LogP contribution is 2.21. The van der Waals surface area contributed by atoms with Gasteiger partial charge in [-0.15, -0.1) is 0 Å². The highest BCUT2D eigenvalue weighted by molar-refractivity contribution is 5.93. The number of rotatable bonds is 5. The highest BCUT2D eigenvalue weighted by atomic mass is 16.6. The van der Waals surface area contributed by atoms with Crippen molar-refractivity contribution >= 4 is 23.7 Å². The molecule has 2 rings (SSSR count). The number of aryl methyl sites for hydroxylation is 1. The Morgan fingerprint density at radius 1 is 1.19 bits per heavy atom. The van der Waals surface area contributed by atoms with Gasteiger partial charge in [0.2, 0.25) is 0 Å². The zero-order valence-electron chi connectivity index (χ0n) is 16.4. The Labute approximate surface area is 160 Å². The van der Waals surface area contributed by atoms with Crippen LogP contribution in [0.4, 0.5) is 10.5 Å². The molecule has 27 heavy (non-hydrogen) atoms. The molecule has 1 atom stereocenters. The van der Waals surface area contributed by atoms with Crippen LogP contribution in [0, 0.1) is 0 Å². The Morgan fingerprint density at radius 3 is 2.44 bits per heavy atom. The van der Waals surface area contributed by atoms with Gasteiger partial charge in [0.05, 0.1) is 0 Å². The largest absolute Gasteiger partial charge is 0.454 e. The first-order valence-electron chi connectivity index (χ1n) is 9.24. The Bertz CT molecular complexity index is 679. The summed E-state index contributed by atoms with van der Waals surface area (Å²) in [7, 11) is 0. The first kappa shape index (κ1) is 20.7. The lowest BCUT2D eigenvalue weighted by molar-refractivity contribution is -0.151. The molecular weight excluding hydrogens is 348 g/mol. The monoisotopic (exact) mass is 376 g/mol. The standard InChI is InChI=1S/C20H28N2O5/c1-5-14-8-10-15(11-9-14)21-17(23)13-26-18(24)16-7-6-12-22(16)19(25)27-20(2,3)4/h8-11,16H,5-7,12-13H2,1-4H3,(H,21,23)/t16-/m0/s1. The van der Waals surface area contributed by atoms with Crippen molar-refractivity contribution in [3.8, 4) is 0 Å². The van der Waals surface area contributed by atoms with Crippen molar-refractivity contribution < 1.29 is 23.9 Å². The molecule has 0 spiro atoms. The van der Waals surface area contributed by atoms with Gasteiger partial charge in [-0.05, 0) is 57.7 Å². The average Bonchev–Trinajstić information content (AvgIpc) is 3.09. The summed E-state index contributed by atoms with van der Waals surface area (Å²) in [5.41, 5.74) is 1.17. The number of benzene rings is 1. The van der Waals surface area contributed by atoms with Crippen LogP contribution in [0.1, 0.15) is 46.1 Å². The third-order valence-corrected chi connectivity index (χ3v) is 4.14. The third-order valence-electron chi connectivity index (χ3n) is 4.14. The number of likely N-dealkylation sites (tertiary alicyclic amines) is 1. The smallest absolute Gasteiger partial charge is 0.411 e. The molecule has 0 bridgehead atoms. The number of hydrogen-bond acceptors (Lipinski definition) is 5. The number of carbonyl (C=O) groups is 3. The van der Waals surface area contributed by atoms with Crippen LogP contribution in [0.2, 0.25) is 0 Å². The van der Waals surface area contributed by atoms with Gasteiger partial charge in [0.15, 0.2) is 6.61 Å². The first-order chi connectivity index (χ1) is 12.7. The Kier molecular flexibility index (Phi) is 6.82. The molecule has 0 aromatic heterocycles. The molecule has 1 aliphatic heterocycles. The Hall–Kier alpha value is -2.57. The van der Waals surface area contributed by atoms with E-state index in [-0.39, 0.29) is 0 Å². The number of amides is 2. The van der Waals surface area contributed by atoms with E-state index < -0.39 is 36.2 Å². The minimum absolute atomic E-state index is 0.396. The number of ether oxygens (including phenoxy) is 2. The van der Waals surface area contributed by atoms with Crippen molar-refractivity contribution in [2.75, 3.05) is 18.5 Å². The summed E-state index contributed by atoms with van der Waals surface area (Å²) in [4.78, 5) is 37.9. The minimum Gasteiger partial charge on any atom is -0.454 e. The van der Waals surface area contributed by atoms with Crippen LogP contribution in [0.15, 0.2) is 24.3 Å². The average molecular weight is 376 g/mol. The third kappa shape index (κ3) is 6.27. The van der Waals surface area contributed by atoms with Gasteiger partial charge in [0.25, 0.3) is 5.91 Å². The predicted molar refractivity (Wildman–Crippen MR) is 101 cm³/mol. The number of anilines is 1. The number of nitrogens with one attached hydrogen (secondary N) is 1. The Morgan fingerprint density at radius 2 is 1.85 bits per heavy atom. The maximum absolute atomic E-state index is 12.3. The van der Waals surface area contributed by atoms with Crippen molar-refractivity contribution in [1.82, 2.24) is 4.90 Å². The van der Waals surface area contributed by atoms with Gasteiger partial charge in [-0.3, -0.25) is 9.69 Å². The SMILES string of the molecule is CCc1ccc(NC(=O)COC(=O)[C@@H]2CCCN2C(=O)OC(C)(C)C)cc1. The lowest BCUT2D eigenvalue weighted by Crippen LogP contribution is -2.44. The second kappa shape index (κ2) is 8.88. The summed E-state index contributed by atoms with van der Waals surface area (Å²) in [6.07, 6.45) is 1.57. The van der Waals surface area contributed by atoms with Gasteiger partial charge in [-0.2, -0.15) is 0 Å². The highest BCUT2D eigenvalue weighted by Gasteiger charge is 2.37. The fraction of sp³-hybridized carbons (Fsp3) is 0.550. The summed E-state index contributed by atoms with van der Waals surface area (Å²) in [6, 6.07) is 6.76. The first-order valence-corrected chi connectivity index (χ1v) is 9.24. The summed E-state index contributed by atoms with van der Waals surface area (Å²) in [6.45, 7) is 7.40. The van der Waals surface area contributed by atoms with Gasteiger partial charge in [0, 0.05) is 12.2 Å². The topological polar surface area (TPSA) is 84.9 Å². The van der Waals surface area contributed by atoms with Gasteiger partial charge in [0.1, 0.15) is 11.6 Å². The van der Waals surface area contributed by atoms with E-state index in [1.807, 2.05) is 12.1 Å². The second-order valence-corrected chi connectivity index (χ2v) is 7.54. The molecule has 148 valence electrons. The zero-order valence-corrected chi connectivity index (χ0v) is 16.4. The fourth-order valence-electron chi connectivity index (χ4n) is 2.80. The molecule has 0 unspecified atom stereocenters. The molecule has 1 N–H and O–H groups in total. The van der Waals surface area contributed by atoms with Crippen LogP contribution in [0.5, 0.6) is 0 Å². The number of carbonyl (C=O) groups excluding carboxylic acids is 3. The van der Waals surface area contributed by atoms with E-state index in [2.05, 4.69) is 12.2 Å². The fourth-order valence-corrected chi connectivity index (χ4v) is 2.80. The summed E-state index contributed by atoms with van der Waals surface area (Å²) >= 11 is 0. The van der Waals surface area contributed by atoms with Crippen molar-refractivity contribution in [3.63, 3.8) is 0 Å². The number of nitrogens with zero attached hydrogens (tertiary/aromatic N) is 1. The molecule has 0 radical (unpaired) electrons. The van der Waals surface area contributed by atoms with E-state index in [9.17, 15) is 14.4 Å². The molecule has 7 heteroatoms. The molecule has 1 heterocycles. The van der Waals surface area contributed by atoms with Gasteiger partial charge in [-0.1, -0.05) is 19.1 Å². The molecule has 1 aliphatic rings. The maximum atomic E-state index is 12.3. The molecular formula is C20H28N2O5. The summed E-state index contributed by atoms with van der Waals surface area (Å²) in [5.74, 6) is -1.01. The molecule has 0 aliphatic carbocycles. The minimum atomic E-state index is -0.712. The molecule has 1 aromatic carbocycles. The van der Waals surface area contributed by atoms with Gasteiger partial charge >= 0.3 is 12.1 Å². The van der Waals surface area contributed by atoms with E-state index in [4.69, 9.17) is 9.47 Å². The van der Waals surface area contributed by atoms with E-state index in [1.54, 1.807) is 32.9 Å². The molecule has 1 saturated heterocycles. The lowest BCUT2D eigenvalue weighted by Gasteiger charge is -2.27. The van der Waals surface area contributed by atoms with E-state index in [0.29, 0.717) is 25.1 Å².